The number of carbonyl (C=O) groups is 1. The molecular formula is C27H23N5O2. The first kappa shape index (κ1) is 21.5. The molecule has 4 aromatic rings. The normalized spacial score (nSPS) is 14.1. The van der Waals surface area contributed by atoms with E-state index in [9.17, 15) is 4.79 Å². The molecule has 0 unspecified atom stereocenters. The molecule has 1 amide bonds. The van der Waals surface area contributed by atoms with Crippen LogP contribution in [0.4, 0.5) is 0 Å². The predicted octanol–water partition coefficient (Wildman–Crippen LogP) is 5.00. The minimum Gasteiger partial charge on any atom is -0.416 e. The average Bonchev–Trinajstić information content (AvgIpc) is 3.39. The quantitative estimate of drug-likeness (QED) is 0.435. The molecule has 7 heteroatoms. The Labute approximate surface area is 197 Å². The maximum absolute atomic E-state index is 13.3. The second-order valence-electron chi connectivity index (χ2n) is 8.48. The van der Waals surface area contributed by atoms with Gasteiger partial charge in [-0.15, -0.1) is 10.2 Å². The number of piperidine rings is 1. The Bertz CT molecular complexity index is 1350. The van der Waals surface area contributed by atoms with Crippen LogP contribution in [0.25, 0.3) is 22.9 Å². The summed E-state index contributed by atoms with van der Waals surface area (Å²) in [5.74, 6) is 1.21. The molecule has 0 saturated carbocycles. The SMILES string of the molecule is Cc1ccc(C(=O)N2CCC(c3ccc(C#N)cc3)CC2)cc1-c1nnc(-c2ccncc2)o1. The van der Waals surface area contributed by atoms with Crippen molar-refractivity contribution in [3.63, 3.8) is 0 Å². The number of likely N-dealkylation sites (tertiary alicyclic amines) is 1. The van der Waals surface area contributed by atoms with Crippen molar-refractivity contribution < 1.29 is 9.21 Å². The van der Waals surface area contributed by atoms with E-state index >= 15 is 0 Å². The summed E-state index contributed by atoms with van der Waals surface area (Å²) in [4.78, 5) is 19.2. The van der Waals surface area contributed by atoms with E-state index in [-0.39, 0.29) is 5.91 Å². The van der Waals surface area contributed by atoms with Crippen LogP contribution in [0.3, 0.4) is 0 Å². The molecule has 1 fully saturated rings. The number of nitriles is 1. The Kier molecular flexibility index (Phi) is 5.88. The van der Waals surface area contributed by atoms with Crippen LogP contribution in [0.1, 0.15) is 45.8 Å². The van der Waals surface area contributed by atoms with Gasteiger partial charge in [-0.25, -0.2) is 0 Å². The van der Waals surface area contributed by atoms with Gasteiger partial charge in [0.05, 0.1) is 11.6 Å². The minimum atomic E-state index is 0.00778. The van der Waals surface area contributed by atoms with Gasteiger partial charge < -0.3 is 9.32 Å². The van der Waals surface area contributed by atoms with Gasteiger partial charge in [-0.05, 0) is 73.2 Å². The van der Waals surface area contributed by atoms with Crippen LogP contribution in [0.5, 0.6) is 0 Å². The zero-order chi connectivity index (χ0) is 23.5. The summed E-state index contributed by atoms with van der Waals surface area (Å²) in [6.07, 6.45) is 5.15. The molecule has 3 heterocycles. The molecule has 2 aromatic heterocycles. The number of pyridine rings is 1. The highest BCUT2D eigenvalue weighted by molar-refractivity contribution is 5.95. The van der Waals surface area contributed by atoms with E-state index in [1.807, 2.05) is 66.4 Å². The third-order valence-corrected chi connectivity index (χ3v) is 6.36. The predicted molar refractivity (Wildman–Crippen MR) is 127 cm³/mol. The lowest BCUT2D eigenvalue weighted by Crippen LogP contribution is -2.37. The van der Waals surface area contributed by atoms with Crippen molar-refractivity contribution >= 4 is 5.91 Å². The Morgan fingerprint density at radius 1 is 1.00 bits per heavy atom. The molecule has 1 aliphatic heterocycles. The molecule has 7 nitrogen and oxygen atoms in total. The van der Waals surface area contributed by atoms with Gasteiger partial charge in [-0.1, -0.05) is 18.2 Å². The van der Waals surface area contributed by atoms with Gasteiger partial charge in [0.15, 0.2) is 0 Å². The number of nitrogens with zero attached hydrogens (tertiary/aromatic N) is 5. The largest absolute Gasteiger partial charge is 0.416 e. The molecule has 0 bridgehead atoms. The van der Waals surface area contributed by atoms with Crippen molar-refractivity contribution in [3.8, 4) is 29.0 Å². The fourth-order valence-electron chi connectivity index (χ4n) is 4.36. The molecule has 0 N–H and O–H groups in total. The Morgan fingerprint density at radius 2 is 1.71 bits per heavy atom. The third-order valence-electron chi connectivity index (χ3n) is 6.36. The number of amides is 1. The highest BCUT2D eigenvalue weighted by Crippen LogP contribution is 2.30. The van der Waals surface area contributed by atoms with E-state index in [1.54, 1.807) is 12.4 Å². The molecule has 0 spiro atoms. The molecule has 0 radical (unpaired) electrons. The summed E-state index contributed by atoms with van der Waals surface area (Å²) in [5.41, 5.74) is 5.02. The second kappa shape index (κ2) is 9.28. The maximum Gasteiger partial charge on any atom is 0.253 e. The fraction of sp³-hybridized carbons (Fsp3) is 0.222. The molecule has 34 heavy (non-hydrogen) atoms. The fourth-order valence-corrected chi connectivity index (χ4v) is 4.36. The molecule has 168 valence electrons. The van der Waals surface area contributed by atoms with Crippen LogP contribution in [-0.2, 0) is 0 Å². The van der Waals surface area contributed by atoms with Gasteiger partial charge in [0, 0.05) is 42.2 Å². The zero-order valence-corrected chi connectivity index (χ0v) is 18.8. The summed E-state index contributed by atoms with van der Waals surface area (Å²) in [6.45, 7) is 3.35. The zero-order valence-electron chi connectivity index (χ0n) is 18.8. The molecule has 1 saturated heterocycles. The first-order valence-electron chi connectivity index (χ1n) is 11.3. The van der Waals surface area contributed by atoms with E-state index in [0.29, 0.717) is 41.9 Å². The third kappa shape index (κ3) is 4.30. The van der Waals surface area contributed by atoms with E-state index in [0.717, 1.165) is 29.5 Å². The number of aryl methyl sites for hydroxylation is 1. The topological polar surface area (TPSA) is 95.9 Å². The summed E-state index contributed by atoms with van der Waals surface area (Å²) < 4.78 is 5.90. The number of carbonyl (C=O) groups excluding carboxylic acids is 1. The lowest BCUT2D eigenvalue weighted by Gasteiger charge is -2.32. The van der Waals surface area contributed by atoms with Crippen LogP contribution in [-0.4, -0.2) is 39.1 Å². The molecular weight excluding hydrogens is 426 g/mol. The highest BCUT2D eigenvalue weighted by Gasteiger charge is 2.25. The summed E-state index contributed by atoms with van der Waals surface area (Å²) >= 11 is 0. The molecule has 5 rings (SSSR count). The highest BCUT2D eigenvalue weighted by atomic mass is 16.4. The first-order chi connectivity index (χ1) is 16.6. The van der Waals surface area contributed by atoms with E-state index in [2.05, 4.69) is 21.3 Å². The van der Waals surface area contributed by atoms with Gasteiger partial charge in [-0.3, -0.25) is 9.78 Å². The maximum atomic E-state index is 13.3. The standard InChI is InChI=1S/C27H23N5O2/c1-18-2-5-23(16-24(18)26-31-30-25(34-26)22-8-12-29-13-9-22)27(33)32-14-10-21(11-15-32)20-6-3-19(17-28)4-7-20/h2-9,12-13,16,21H,10-11,14-15H2,1H3. The molecule has 0 atom stereocenters. The summed E-state index contributed by atoms with van der Waals surface area (Å²) in [7, 11) is 0. The van der Waals surface area contributed by atoms with Gasteiger partial charge >= 0.3 is 0 Å². The number of benzene rings is 2. The van der Waals surface area contributed by atoms with Crippen molar-refractivity contribution in [1.29, 1.82) is 5.26 Å². The van der Waals surface area contributed by atoms with Gasteiger partial charge in [0.25, 0.3) is 5.91 Å². The average molecular weight is 450 g/mol. The second-order valence-corrected chi connectivity index (χ2v) is 8.48. The van der Waals surface area contributed by atoms with E-state index in [1.165, 1.54) is 5.56 Å². The van der Waals surface area contributed by atoms with Crippen molar-refractivity contribution in [3.05, 3.63) is 89.2 Å². The van der Waals surface area contributed by atoms with Crippen molar-refractivity contribution in [2.75, 3.05) is 13.1 Å². The van der Waals surface area contributed by atoms with Crippen molar-refractivity contribution in [2.45, 2.75) is 25.7 Å². The monoisotopic (exact) mass is 449 g/mol. The van der Waals surface area contributed by atoms with Gasteiger partial charge in [-0.2, -0.15) is 5.26 Å². The van der Waals surface area contributed by atoms with Crippen LogP contribution in [0, 0.1) is 18.3 Å². The van der Waals surface area contributed by atoms with E-state index < -0.39 is 0 Å². The number of hydrogen-bond acceptors (Lipinski definition) is 6. The molecule has 0 aliphatic carbocycles. The summed E-state index contributed by atoms with van der Waals surface area (Å²) in [6, 6.07) is 19.2. The van der Waals surface area contributed by atoms with Crippen LogP contribution < -0.4 is 0 Å². The Hall–Kier alpha value is -4.31. The Balaban J connectivity index is 1.30. The number of rotatable bonds is 4. The number of aromatic nitrogens is 3. The van der Waals surface area contributed by atoms with Gasteiger partial charge in [0.2, 0.25) is 11.8 Å². The smallest absolute Gasteiger partial charge is 0.253 e. The lowest BCUT2D eigenvalue weighted by atomic mass is 9.89. The van der Waals surface area contributed by atoms with Gasteiger partial charge in [0.1, 0.15) is 0 Å². The van der Waals surface area contributed by atoms with Crippen LogP contribution in [0.15, 0.2) is 71.4 Å². The minimum absolute atomic E-state index is 0.00778. The lowest BCUT2D eigenvalue weighted by molar-refractivity contribution is 0.0713. The van der Waals surface area contributed by atoms with Crippen LogP contribution in [0.2, 0.25) is 0 Å². The van der Waals surface area contributed by atoms with Crippen LogP contribution >= 0.6 is 0 Å². The summed E-state index contributed by atoms with van der Waals surface area (Å²) in [5, 5.41) is 17.4. The van der Waals surface area contributed by atoms with Crippen molar-refractivity contribution in [1.82, 2.24) is 20.1 Å². The molecule has 2 aromatic carbocycles. The Morgan fingerprint density at radius 3 is 2.41 bits per heavy atom. The molecule has 1 aliphatic rings. The van der Waals surface area contributed by atoms with E-state index in [4.69, 9.17) is 9.68 Å². The first-order valence-corrected chi connectivity index (χ1v) is 11.3. The number of hydrogen-bond donors (Lipinski definition) is 0. The van der Waals surface area contributed by atoms with Crippen molar-refractivity contribution in [2.24, 2.45) is 0 Å².